The molecule has 0 N–H and O–H groups in total. The number of ketones is 1. The average Bonchev–Trinajstić information content (AvgIpc) is 2.88. The first-order valence-electron chi connectivity index (χ1n) is 5.64. The molecule has 94 valence electrons. The zero-order chi connectivity index (χ0) is 12.8. The molecule has 0 unspecified atom stereocenters. The zero-order valence-electron chi connectivity index (χ0n) is 9.77. The Bertz CT molecular complexity index is 488. The van der Waals surface area contributed by atoms with E-state index in [1.807, 2.05) is 6.07 Å². The van der Waals surface area contributed by atoms with Crippen molar-refractivity contribution in [3.63, 3.8) is 0 Å². The van der Waals surface area contributed by atoms with Crippen molar-refractivity contribution in [1.82, 2.24) is 0 Å². The maximum atomic E-state index is 12.7. The number of halogens is 1. The summed E-state index contributed by atoms with van der Waals surface area (Å²) in [5, 5.41) is 0. The van der Waals surface area contributed by atoms with Crippen LogP contribution in [-0.4, -0.2) is 12.4 Å². The minimum absolute atomic E-state index is 0.0607. The van der Waals surface area contributed by atoms with Gasteiger partial charge in [-0.15, -0.1) is 0 Å². The number of Topliss-reactive ketones (excluding diaryl/α,β-unsaturated/α-hetero) is 1. The van der Waals surface area contributed by atoms with E-state index in [9.17, 15) is 9.18 Å². The predicted molar refractivity (Wildman–Crippen MR) is 63.7 cm³/mol. The smallest absolute Gasteiger partial charge is 0.165 e. The molecule has 4 heteroatoms. The molecule has 0 radical (unpaired) electrons. The van der Waals surface area contributed by atoms with Gasteiger partial charge in [0.2, 0.25) is 0 Å². The molecule has 18 heavy (non-hydrogen) atoms. The van der Waals surface area contributed by atoms with Gasteiger partial charge in [-0.25, -0.2) is 4.39 Å². The van der Waals surface area contributed by atoms with Crippen molar-refractivity contribution >= 4 is 5.78 Å². The van der Waals surface area contributed by atoms with Crippen LogP contribution < -0.4 is 0 Å². The quantitative estimate of drug-likeness (QED) is 0.582. The van der Waals surface area contributed by atoms with Gasteiger partial charge >= 0.3 is 0 Å². The minimum atomic E-state index is -0.347. The Morgan fingerprint density at radius 3 is 2.67 bits per heavy atom. The number of hydrogen-bond acceptors (Lipinski definition) is 3. The van der Waals surface area contributed by atoms with Crippen LogP contribution in [0.2, 0.25) is 0 Å². The first-order chi connectivity index (χ1) is 8.75. The summed E-state index contributed by atoms with van der Waals surface area (Å²) >= 11 is 0. The lowest BCUT2D eigenvalue weighted by atomic mass is 10.1. The monoisotopic (exact) mass is 248 g/mol. The fraction of sp³-hybridized carbons (Fsp3) is 0.214. The SMILES string of the molecule is O=C(CCOCc1ccco1)c1ccc(F)cc1. The van der Waals surface area contributed by atoms with Gasteiger partial charge in [0.25, 0.3) is 0 Å². The van der Waals surface area contributed by atoms with Gasteiger partial charge in [0.15, 0.2) is 5.78 Å². The lowest BCUT2D eigenvalue weighted by Crippen LogP contribution is -2.04. The number of hydrogen-bond donors (Lipinski definition) is 0. The Morgan fingerprint density at radius 2 is 2.00 bits per heavy atom. The van der Waals surface area contributed by atoms with Crippen molar-refractivity contribution in [3.05, 3.63) is 59.8 Å². The van der Waals surface area contributed by atoms with Gasteiger partial charge in [0.1, 0.15) is 18.2 Å². The van der Waals surface area contributed by atoms with Gasteiger partial charge in [0, 0.05) is 12.0 Å². The molecule has 2 rings (SSSR count). The number of ether oxygens (including phenoxy) is 1. The van der Waals surface area contributed by atoms with Gasteiger partial charge in [0.05, 0.1) is 12.9 Å². The molecule has 1 aromatic carbocycles. The Morgan fingerprint density at radius 1 is 1.22 bits per heavy atom. The van der Waals surface area contributed by atoms with E-state index in [-0.39, 0.29) is 18.0 Å². The minimum Gasteiger partial charge on any atom is -0.467 e. The van der Waals surface area contributed by atoms with E-state index in [1.54, 1.807) is 12.3 Å². The number of rotatable bonds is 6. The van der Waals surface area contributed by atoms with Gasteiger partial charge in [-0.05, 0) is 36.4 Å². The van der Waals surface area contributed by atoms with Crippen molar-refractivity contribution in [1.29, 1.82) is 0 Å². The third-order valence-corrected chi connectivity index (χ3v) is 2.46. The molecule has 2 aromatic rings. The van der Waals surface area contributed by atoms with Crippen LogP contribution in [0.5, 0.6) is 0 Å². The molecule has 0 saturated heterocycles. The van der Waals surface area contributed by atoms with E-state index in [4.69, 9.17) is 9.15 Å². The van der Waals surface area contributed by atoms with Crippen LogP contribution in [0.4, 0.5) is 4.39 Å². The molecular formula is C14H13FO3. The molecule has 0 aliphatic carbocycles. The third kappa shape index (κ3) is 3.53. The third-order valence-electron chi connectivity index (χ3n) is 2.46. The van der Waals surface area contributed by atoms with Gasteiger partial charge in [-0.1, -0.05) is 0 Å². The fourth-order valence-electron chi connectivity index (χ4n) is 1.51. The number of carbonyl (C=O) groups is 1. The maximum absolute atomic E-state index is 12.7. The fourth-order valence-corrected chi connectivity index (χ4v) is 1.51. The largest absolute Gasteiger partial charge is 0.467 e. The van der Waals surface area contributed by atoms with E-state index in [1.165, 1.54) is 24.3 Å². The van der Waals surface area contributed by atoms with Crippen molar-refractivity contribution < 1.29 is 18.3 Å². The summed E-state index contributed by atoms with van der Waals surface area (Å²) in [5.74, 6) is 0.319. The lowest BCUT2D eigenvalue weighted by Gasteiger charge is -2.02. The summed E-state index contributed by atoms with van der Waals surface area (Å²) in [4.78, 5) is 11.7. The molecule has 0 amide bonds. The van der Waals surface area contributed by atoms with E-state index in [2.05, 4.69) is 0 Å². The highest BCUT2D eigenvalue weighted by molar-refractivity contribution is 5.96. The molecule has 3 nitrogen and oxygen atoms in total. The van der Waals surface area contributed by atoms with Crippen molar-refractivity contribution in [2.24, 2.45) is 0 Å². The second kappa shape index (κ2) is 6.12. The first-order valence-corrected chi connectivity index (χ1v) is 5.64. The highest BCUT2D eigenvalue weighted by atomic mass is 19.1. The van der Waals surface area contributed by atoms with E-state index in [0.29, 0.717) is 18.8 Å². The average molecular weight is 248 g/mol. The zero-order valence-corrected chi connectivity index (χ0v) is 9.77. The first kappa shape index (κ1) is 12.5. The molecule has 0 aliphatic heterocycles. The van der Waals surface area contributed by atoms with Gasteiger partial charge in [-0.3, -0.25) is 4.79 Å². The summed E-state index contributed by atoms with van der Waals surface area (Å²) < 4.78 is 23.1. The second-order valence-corrected chi connectivity index (χ2v) is 3.81. The van der Waals surface area contributed by atoms with Crippen molar-refractivity contribution in [3.8, 4) is 0 Å². The summed E-state index contributed by atoms with van der Waals surface area (Å²) in [6, 6.07) is 9.09. The number of furan rings is 1. The number of benzene rings is 1. The van der Waals surface area contributed by atoms with Crippen molar-refractivity contribution in [2.45, 2.75) is 13.0 Å². The molecule has 0 fully saturated rings. The Balaban J connectivity index is 1.73. The van der Waals surface area contributed by atoms with E-state index in [0.717, 1.165) is 5.76 Å². The molecule has 0 atom stereocenters. The van der Waals surface area contributed by atoms with Crippen LogP contribution in [-0.2, 0) is 11.3 Å². The molecular weight excluding hydrogens is 235 g/mol. The number of carbonyl (C=O) groups excluding carboxylic acids is 1. The molecule has 0 spiro atoms. The Labute approximate surface area is 104 Å². The van der Waals surface area contributed by atoms with E-state index >= 15 is 0 Å². The van der Waals surface area contributed by atoms with Crippen molar-refractivity contribution in [2.75, 3.05) is 6.61 Å². The van der Waals surface area contributed by atoms with Crippen LogP contribution in [0.1, 0.15) is 22.5 Å². The molecule has 1 aromatic heterocycles. The van der Waals surface area contributed by atoms with Crippen LogP contribution in [0, 0.1) is 5.82 Å². The Hall–Kier alpha value is -1.94. The second-order valence-electron chi connectivity index (χ2n) is 3.81. The molecule has 0 aliphatic rings. The predicted octanol–water partition coefficient (Wildman–Crippen LogP) is 3.21. The van der Waals surface area contributed by atoms with Gasteiger partial charge < -0.3 is 9.15 Å². The summed E-state index contributed by atoms with van der Waals surface area (Å²) in [6.07, 6.45) is 1.84. The van der Waals surface area contributed by atoms with Gasteiger partial charge in [-0.2, -0.15) is 0 Å². The van der Waals surface area contributed by atoms with Crippen LogP contribution in [0.15, 0.2) is 47.1 Å². The summed E-state index contributed by atoms with van der Waals surface area (Å²) in [7, 11) is 0. The Kier molecular flexibility index (Phi) is 4.25. The normalized spacial score (nSPS) is 10.5. The van der Waals surface area contributed by atoms with Crippen LogP contribution >= 0.6 is 0 Å². The summed E-state index contributed by atoms with van der Waals surface area (Å²) in [6.45, 7) is 0.667. The highest BCUT2D eigenvalue weighted by Gasteiger charge is 2.06. The standard InChI is InChI=1S/C14H13FO3/c15-12-5-3-11(4-6-12)14(16)7-9-17-10-13-2-1-8-18-13/h1-6,8H,7,9-10H2. The topological polar surface area (TPSA) is 39.4 Å². The molecule has 0 bridgehead atoms. The van der Waals surface area contributed by atoms with Crippen LogP contribution in [0.25, 0.3) is 0 Å². The lowest BCUT2D eigenvalue weighted by molar-refractivity contribution is 0.0809. The molecule has 0 saturated carbocycles. The van der Waals surface area contributed by atoms with Crippen LogP contribution in [0.3, 0.4) is 0 Å². The van der Waals surface area contributed by atoms with E-state index < -0.39 is 0 Å². The maximum Gasteiger partial charge on any atom is 0.165 e. The summed E-state index contributed by atoms with van der Waals surface area (Å²) in [5.41, 5.74) is 0.498. The highest BCUT2D eigenvalue weighted by Crippen LogP contribution is 2.07. The molecule has 1 heterocycles.